The van der Waals surface area contributed by atoms with Crippen molar-refractivity contribution in [2.75, 3.05) is 6.61 Å². The molecule has 110 valence electrons. The first kappa shape index (κ1) is 15.9. The van der Waals surface area contributed by atoms with E-state index >= 15 is 0 Å². The molecule has 0 saturated carbocycles. The zero-order valence-electron chi connectivity index (χ0n) is 11.0. The second-order valence-corrected chi connectivity index (χ2v) is 6.41. The lowest BCUT2D eigenvalue weighted by atomic mass is 10.2. The summed E-state index contributed by atoms with van der Waals surface area (Å²) >= 11 is 9.94. The second kappa shape index (κ2) is 7.53. The summed E-state index contributed by atoms with van der Waals surface area (Å²) < 4.78 is 6.47. The summed E-state index contributed by atoms with van der Waals surface area (Å²) in [7, 11) is 0. The normalized spacial score (nSPS) is 10.1. The molecule has 0 aliphatic carbocycles. The molecule has 0 bridgehead atoms. The second-order valence-electron chi connectivity index (χ2n) is 4.12. The Morgan fingerprint density at radius 2 is 2.14 bits per heavy atom. The molecule has 1 amide bonds. The third-order valence-electron chi connectivity index (χ3n) is 2.65. The average Bonchev–Trinajstić information content (AvgIpc) is 2.88. The minimum absolute atomic E-state index is 0.0807. The van der Waals surface area contributed by atoms with Crippen molar-refractivity contribution in [3.05, 3.63) is 50.6 Å². The number of nitrogens with one attached hydrogen (secondary N) is 1. The maximum atomic E-state index is 11.8. The van der Waals surface area contributed by atoms with Crippen LogP contribution in [-0.4, -0.2) is 17.5 Å². The molecule has 1 aromatic heterocycles. The van der Waals surface area contributed by atoms with E-state index in [0.717, 1.165) is 9.35 Å². The number of carbonyl (C=O) groups excluding carboxylic acids is 1. The van der Waals surface area contributed by atoms with Crippen LogP contribution in [0, 0.1) is 0 Å². The molecule has 4 nitrogen and oxygen atoms in total. The first-order valence-corrected chi connectivity index (χ1v) is 8.16. The number of ether oxygens (including phenoxy) is 1. The highest BCUT2D eigenvalue weighted by atomic mass is 79.9. The Labute approximate surface area is 140 Å². The van der Waals surface area contributed by atoms with Crippen LogP contribution in [0.25, 0.3) is 0 Å². The highest BCUT2D eigenvalue weighted by molar-refractivity contribution is 9.10. The van der Waals surface area contributed by atoms with Crippen LogP contribution >= 0.6 is 39.5 Å². The van der Waals surface area contributed by atoms with Gasteiger partial charge in [0.25, 0.3) is 5.91 Å². The van der Waals surface area contributed by atoms with Crippen LogP contribution in [0.4, 0.5) is 0 Å². The van der Waals surface area contributed by atoms with Crippen LogP contribution in [0.2, 0.25) is 0 Å². The highest BCUT2D eigenvalue weighted by Gasteiger charge is 2.09. The van der Waals surface area contributed by atoms with Crippen molar-refractivity contribution < 1.29 is 9.53 Å². The predicted molar refractivity (Wildman–Crippen MR) is 91.7 cm³/mol. The average molecular weight is 385 g/mol. The van der Waals surface area contributed by atoms with E-state index in [2.05, 4.69) is 21.2 Å². The zero-order valence-corrected chi connectivity index (χ0v) is 14.2. The van der Waals surface area contributed by atoms with Gasteiger partial charge in [-0.15, -0.1) is 11.3 Å². The largest absolute Gasteiger partial charge is 0.483 e. The summed E-state index contributed by atoms with van der Waals surface area (Å²) in [4.78, 5) is 13.1. The van der Waals surface area contributed by atoms with E-state index in [0.29, 0.717) is 17.9 Å². The molecule has 2 aromatic rings. The fourth-order valence-corrected chi connectivity index (χ4v) is 3.22. The van der Waals surface area contributed by atoms with Gasteiger partial charge in [-0.3, -0.25) is 4.79 Å². The Morgan fingerprint density at radius 1 is 1.38 bits per heavy atom. The molecule has 0 saturated heterocycles. The van der Waals surface area contributed by atoms with Crippen molar-refractivity contribution in [1.29, 1.82) is 0 Å². The van der Waals surface area contributed by atoms with Crippen molar-refractivity contribution in [2.24, 2.45) is 5.73 Å². The molecular formula is C14H13BrN2O2S2. The fourth-order valence-electron chi connectivity index (χ4n) is 1.62. The summed E-state index contributed by atoms with van der Waals surface area (Å²) in [5.74, 6) is 0.311. The zero-order chi connectivity index (χ0) is 15.2. The Bertz CT molecular complexity index is 658. The maximum absolute atomic E-state index is 11.8. The molecule has 0 aliphatic rings. The van der Waals surface area contributed by atoms with Crippen molar-refractivity contribution in [2.45, 2.75) is 6.54 Å². The molecule has 0 spiro atoms. The Morgan fingerprint density at radius 3 is 2.81 bits per heavy atom. The van der Waals surface area contributed by atoms with E-state index in [1.807, 2.05) is 17.5 Å². The van der Waals surface area contributed by atoms with Crippen molar-refractivity contribution >= 4 is 50.4 Å². The van der Waals surface area contributed by atoms with Crippen LogP contribution in [0.5, 0.6) is 5.75 Å². The Balaban J connectivity index is 1.87. The van der Waals surface area contributed by atoms with Gasteiger partial charge in [0.2, 0.25) is 0 Å². The maximum Gasteiger partial charge on any atom is 0.258 e. The summed E-state index contributed by atoms with van der Waals surface area (Å²) in [5.41, 5.74) is 6.23. The van der Waals surface area contributed by atoms with Gasteiger partial charge in [0.15, 0.2) is 6.61 Å². The standard InChI is InChI=1S/C14H13BrN2O2S2/c15-10-5-6-21-12(10)7-17-13(18)8-19-11-4-2-1-3-9(11)14(16)20/h1-6H,7-8H2,(H2,16,20)(H,17,18). The topological polar surface area (TPSA) is 64.3 Å². The smallest absolute Gasteiger partial charge is 0.258 e. The number of carbonyl (C=O) groups is 1. The molecule has 3 N–H and O–H groups in total. The lowest BCUT2D eigenvalue weighted by Crippen LogP contribution is -2.28. The number of rotatable bonds is 6. The number of hydrogen-bond donors (Lipinski definition) is 2. The number of thiophene rings is 1. The lowest BCUT2D eigenvalue weighted by Gasteiger charge is -2.10. The number of amides is 1. The van der Waals surface area contributed by atoms with E-state index in [1.54, 1.807) is 29.5 Å². The van der Waals surface area contributed by atoms with Crippen LogP contribution in [0.1, 0.15) is 10.4 Å². The van der Waals surface area contributed by atoms with Gasteiger partial charge in [0, 0.05) is 9.35 Å². The Hall–Kier alpha value is -1.44. The van der Waals surface area contributed by atoms with Crippen LogP contribution in [0.15, 0.2) is 40.2 Å². The summed E-state index contributed by atoms with van der Waals surface area (Å²) in [6.45, 7) is 0.389. The van der Waals surface area contributed by atoms with E-state index in [9.17, 15) is 4.79 Å². The van der Waals surface area contributed by atoms with Gasteiger partial charge in [-0.25, -0.2) is 0 Å². The number of benzene rings is 1. The molecule has 7 heteroatoms. The molecule has 1 aromatic carbocycles. The molecular weight excluding hydrogens is 372 g/mol. The van der Waals surface area contributed by atoms with Gasteiger partial charge < -0.3 is 15.8 Å². The van der Waals surface area contributed by atoms with Gasteiger partial charge in [-0.1, -0.05) is 24.4 Å². The summed E-state index contributed by atoms with van der Waals surface area (Å²) in [6.07, 6.45) is 0. The van der Waals surface area contributed by atoms with Gasteiger partial charge in [0.1, 0.15) is 10.7 Å². The van der Waals surface area contributed by atoms with Gasteiger partial charge in [-0.2, -0.15) is 0 Å². The predicted octanol–water partition coefficient (Wildman–Crippen LogP) is 2.84. The van der Waals surface area contributed by atoms with Gasteiger partial charge in [0.05, 0.1) is 12.1 Å². The Kier molecular flexibility index (Phi) is 5.72. The number of para-hydroxylation sites is 1. The minimum atomic E-state index is -0.201. The van der Waals surface area contributed by atoms with Crippen molar-refractivity contribution in [3.63, 3.8) is 0 Å². The molecule has 0 unspecified atom stereocenters. The molecule has 21 heavy (non-hydrogen) atoms. The van der Waals surface area contributed by atoms with Crippen LogP contribution in [0.3, 0.4) is 0 Å². The minimum Gasteiger partial charge on any atom is -0.483 e. The van der Waals surface area contributed by atoms with E-state index in [-0.39, 0.29) is 17.5 Å². The van der Waals surface area contributed by atoms with Gasteiger partial charge in [-0.05, 0) is 39.5 Å². The molecule has 0 atom stereocenters. The summed E-state index contributed by atoms with van der Waals surface area (Å²) in [6, 6.07) is 9.06. The molecule has 0 aliphatic heterocycles. The summed E-state index contributed by atoms with van der Waals surface area (Å²) in [5, 5.41) is 4.76. The SMILES string of the molecule is NC(=S)c1ccccc1OCC(=O)NCc1sccc1Br. The van der Waals surface area contributed by atoms with Gasteiger partial charge >= 0.3 is 0 Å². The molecule has 0 radical (unpaired) electrons. The van der Waals surface area contributed by atoms with Crippen LogP contribution in [-0.2, 0) is 11.3 Å². The van der Waals surface area contributed by atoms with Crippen molar-refractivity contribution in [1.82, 2.24) is 5.32 Å². The number of thiocarbonyl (C=S) groups is 1. The lowest BCUT2D eigenvalue weighted by molar-refractivity contribution is -0.123. The fraction of sp³-hybridized carbons (Fsp3) is 0.143. The van der Waals surface area contributed by atoms with E-state index in [1.165, 1.54) is 0 Å². The first-order valence-electron chi connectivity index (χ1n) is 6.08. The number of halogens is 1. The van der Waals surface area contributed by atoms with Crippen molar-refractivity contribution in [3.8, 4) is 5.75 Å². The van der Waals surface area contributed by atoms with Crippen LogP contribution < -0.4 is 15.8 Å². The van der Waals surface area contributed by atoms with E-state index < -0.39 is 0 Å². The monoisotopic (exact) mass is 384 g/mol. The number of nitrogens with two attached hydrogens (primary N) is 1. The number of hydrogen-bond acceptors (Lipinski definition) is 4. The highest BCUT2D eigenvalue weighted by Crippen LogP contribution is 2.22. The molecule has 0 fully saturated rings. The van der Waals surface area contributed by atoms with E-state index in [4.69, 9.17) is 22.7 Å². The molecule has 1 heterocycles. The third-order valence-corrected chi connectivity index (χ3v) is 4.79. The third kappa shape index (κ3) is 4.52. The molecule has 2 rings (SSSR count). The quantitative estimate of drug-likeness (QED) is 0.751. The first-order chi connectivity index (χ1) is 10.1.